The molecular weight excluding hydrogens is 266 g/mol. The molecule has 0 spiro atoms. The average Bonchev–Trinajstić information content (AvgIpc) is 3.08. The highest BCUT2D eigenvalue weighted by Crippen LogP contribution is 2.13. The van der Waals surface area contributed by atoms with Crippen LogP contribution in [0.4, 0.5) is 0 Å². The fourth-order valence-electron chi connectivity index (χ4n) is 2.45. The maximum Gasteiger partial charge on any atom is 0.249 e. The van der Waals surface area contributed by atoms with E-state index in [1.165, 1.54) is 0 Å². The molecule has 0 unspecified atom stereocenters. The van der Waals surface area contributed by atoms with Crippen LogP contribution in [0.25, 0.3) is 5.69 Å². The third-order valence-electron chi connectivity index (χ3n) is 3.68. The van der Waals surface area contributed by atoms with Crippen LogP contribution < -0.4 is 5.32 Å². The van der Waals surface area contributed by atoms with Crippen LogP contribution in [0, 0.1) is 0 Å². The van der Waals surface area contributed by atoms with Crippen molar-refractivity contribution in [2.45, 2.75) is 31.9 Å². The van der Waals surface area contributed by atoms with E-state index in [9.17, 15) is 4.79 Å². The first-order valence-electron chi connectivity index (χ1n) is 7.29. The predicted octanol–water partition coefficient (Wildman–Crippen LogP) is 2.06. The number of hydrogen-bond acceptors (Lipinski definition) is 3. The number of ether oxygens (including phenoxy) is 1. The summed E-state index contributed by atoms with van der Waals surface area (Å²) >= 11 is 0. The highest BCUT2D eigenvalue weighted by Gasteiger charge is 2.21. The Bertz CT molecular complexity index is 572. The standard InChI is InChI=1S/C16H19N3O2/c20-16(15-3-1-2-10-21-15)18-11-13-4-6-14(7-5-13)19-9-8-17-12-19/h4-9,12,15H,1-3,10-11H2,(H,18,20)/t15-/m1/s1. The molecule has 1 aromatic heterocycles. The highest BCUT2D eigenvalue weighted by molar-refractivity contribution is 5.80. The Balaban J connectivity index is 1.54. The summed E-state index contributed by atoms with van der Waals surface area (Å²) in [6.07, 6.45) is 8.08. The number of rotatable bonds is 4. The Morgan fingerprint density at radius 3 is 2.86 bits per heavy atom. The van der Waals surface area contributed by atoms with E-state index >= 15 is 0 Å². The lowest BCUT2D eigenvalue weighted by atomic mass is 10.1. The van der Waals surface area contributed by atoms with Crippen molar-refractivity contribution in [2.75, 3.05) is 6.61 Å². The molecule has 1 aliphatic rings. The minimum absolute atomic E-state index is 0.00612. The van der Waals surface area contributed by atoms with Crippen LogP contribution in [0.1, 0.15) is 24.8 Å². The minimum atomic E-state index is -0.274. The van der Waals surface area contributed by atoms with E-state index < -0.39 is 0 Å². The molecule has 2 aromatic rings. The summed E-state index contributed by atoms with van der Waals surface area (Å²) < 4.78 is 7.42. The molecule has 1 aromatic carbocycles. The van der Waals surface area contributed by atoms with Crippen molar-refractivity contribution in [3.8, 4) is 5.69 Å². The average molecular weight is 285 g/mol. The summed E-state index contributed by atoms with van der Waals surface area (Å²) in [6.45, 7) is 1.22. The molecule has 5 nitrogen and oxygen atoms in total. The van der Waals surface area contributed by atoms with Gasteiger partial charge in [0.25, 0.3) is 0 Å². The van der Waals surface area contributed by atoms with Crippen molar-refractivity contribution in [3.63, 3.8) is 0 Å². The monoisotopic (exact) mass is 285 g/mol. The zero-order chi connectivity index (χ0) is 14.5. The van der Waals surface area contributed by atoms with Crippen LogP contribution in [0.15, 0.2) is 43.0 Å². The molecule has 1 N–H and O–H groups in total. The maximum absolute atomic E-state index is 12.0. The van der Waals surface area contributed by atoms with Gasteiger partial charge in [0, 0.05) is 31.2 Å². The lowest BCUT2D eigenvalue weighted by Gasteiger charge is -2.21. The highest BCUT2D eigenvalue weighted by atomic mass is 16.5. The van der Waals surface area contributed by atoms with Gasteiger partial charge in [-0.2, -0.15) is 0 Å². The van der Waals surface area contributed by atoms with Crippen molar-refractivity contribution >= 4 is 5.91 Å². The van der Waals surface area contributed by atoms with Crippen LogP contribution >= 0.6 is 0 Å². The summed E-state index contributed by atoms with van der Waals surface area (Å²) in [6, 6.07) is 8.05. The van der Waals surface area contributed by atoms with Crippen molar-refractivity contribution in [2.24, 2.45) is 0 Å². The van der Waals surface area contributed by atoms with Gasteiger partial charge in [-0.1, -0.05) is 12.1 Å². The lowest BCUT2D eigenvalue weighted by Crippen LogP contribution is -2.37. The van der Waals surface area contributed by atoms with Crippen LogP contribution in [0.2, 0.25) is 0 Å². The Kier molecular flexibility index (Phi) is 4.31. The quantitative estimate of drug-likeness (QED) is 0.935. The van der Waals surface area contributed by atoms with Crippen LogP contribution in [-0.2, 0) is 16.1 Å². The number of aromatic nitrogens is 2. The molecule has 110 valence electrons. The van der Waals surface area contributed by atoms with Gasteiger partial charge in [0.2, 0.25) is 5.91 Å². The van der Waals surface area contributed by atoms with E-state index in [1.807, 2.05) is 35.0 Å². The molecular formula is C16H19N3O2. The Labute approximate surface area is 124 Å². The molecule has 1 fully saturated rings. The van der Waals surface area contributed by atoms with E-state index in [-0.39, 0.29) is 12.0 Å². The van der Waals surface area contributed by atoms with Crippen LogP contribution in [0.5, 0.6) is 0 Å². The number of nitrogens with one attached hydrogen (secondary N) is 1. The van der Waals surface area contributed by atoms with E-state index in [2.05, 4.69) is 10.3 Å². The van der Waals surface area contributed by atoms with Gasteiger partial charge in [-0.15, -0.1) is 0 Å². The number of hydrogen-bond donors (Lipinski definition) is 1. The number of amides is 1. The number of carbonyl (C=O) groups is 1. The van der Waals surface area contributed by atoms with Gasteiger partial charge >= 0.3 is 0 Å². The van der Waals surface area contributed by atoms with E-state index in [1.54, 1.807) is 12.5 Å². The fourth-order valence-corrected chi connectivity index (χ4v) is 2.45. The maximum atomic E-state index is 12.0. The Morgan fingerprint density at radius 1 is 1.33 bits per heavy atom. The Morgan fingerprint density at radius 2 is 2.19 bits per heavy atom. The molecule has 2 heterocycles. The molecule has 1 atom stereocenters. The van der Waals surface area contributed by atoms with Gasteiger partial charge < -0.3 is 14.6 Å². The molecule has 5 heteroatoms. The zero-order valence-electron chi connectivity index (χ0n) is 11.9. The first-order chi connectivity index (χ1) is 10.3. The number of benzene rings is 1. The molecule has 1 aliphatic heterocycles. The smallest absolute Gasteiger partial charge is 0.249 e. The third kappa shape index (κ3) is 3.49. The summed E-state index contributed by atoms with van der Waals surface area (Å²) in [4.78, 5) is 16.0. The van der Waals surface area contributed by atoms with Gasteiger partial charge in [0.15, 0.2) is 0 Å². The predicted molar refractivity (Wildman–Crippen MR) is 79.0 cm³/mol. The second-order valence-corrected chi connectivity index (χ2v) is 5.21. The second-order valence-electron chi connectivity index (χ2n) is 5.21. The molecule has 1 saturated heterocycles. The minimum Gasteiger partial charge on any atom is -0.368 e. The fraction of sp³-hybridized carbons (Fsp3) is 0.375. The molecule has 0 bridgehead atoms. The van der Waals surface area contributed by atoms with Gasteiger partial charge in [0.1, 0.15) is 6.10 Å². The van der Waals surface area contributed by atoms with Gasteiger partial charge in [-0.25, -0.2) is 4.98 Å². The summed E-state index contributed by atoms with van der Waals surface area (Å²) in [7, 11) is 0. The van der Waals surface area contributed by atoms with Crippen molar-refractivity contribution < 1.29 is 9.53 Å². The van der Waals surface area contributed by atoms with E-state index in [0.717, 1.165) is 30.5 Å². The van der Waals surface area contributed by atoms with Crippen molar-refractivity contribution in [1.82, 2.24) is 14.9 Å². The topological polar surface area (TPSA) is 56.2 Å². The number of imidazole rings is 1. The first-order valence-corrected chi connectivity index (χ1v) is 7.29. The van der Waals surface area contributed by atoms with Gasteiger partial charge in [-0.05, 0) is 37.0 Å². The SMILES string of the molecule is O=C(NCc1ccc(-n2ccnc2)cc1)[C@H]1CCCCO1. The molecule has 1 amide bonds. The second kappa shape index (κ2) is 6.54. The van der Waals surface area contributed by atoms with Gasteiger partial charge in [-0.3, -0.25) is 4.79 Å². The summed E-state index contributed by atoms with van der Waals surface area (Å²) in [5.74, 6) is -0.00612. The lowest BCUT2D eigenvalue weighted by molar-refractivity contribution is -0.135. The Hall–Kier alpha value is -2.14. The number of nitrogens with zero attached hydrogens (tertiary/aromatic N) is 2. The normalized spacial score (nSPS) is 18.4. The third-order valence-corrected chi connectivity index (χ3v) is 3.68. The van der Waals surface area contributed by atoms with E-state index in [4.69, 9.17) is 4.74 Å². The molecule has 0 saturated carbocycles. The first kappa shape index (κ1) is 13.8. The summed E-state index contributed by atoms with van der Waals surface area (Å²) in [5, 5.41) is 2.94. The molecule has 0 aliphatic carbocycles. The summed E-state index contributed by atoms with van der Waals surface area (Å²) in [5.41, 5.74) is 2.13. The van der Waals surface area contributed by atoms with Crippen LogP contribution in [0.3, 0.4) is 0 Å². The van der Waals surface area contributed by atoms with Crippen molar-refractivity contribution in [1.29, 1.82) is 0 Å². The molecule has 21 heavy (non-hydrogen) atoms. The zero-order valence-corrected chi connectivity index (χ0v) is 11.9. The molecule has 3 rings (SSSR count). The largest absolute Gasteiger partial charge is 0.368 e. The van der Waals surface area contributed by atoms with Crippen LogP contribution in [-0.4, -0.2) is 28.2 Å². The van der Waals surface area contributed by atoms with Gasteiger partial charge in [0.05, 0.1) is 6.33 Å². The van der Waals surface area contributed by atoms with E-state index in [0.29, 0.717) is 13.2 Å². The number of carbonyl (C=O) groups excluding carboxylic acids is 1. The molecule has 0 radical (unpaired) electrons. The van der Waals surface area contributed by atoms with Crippen molar-refractivity contribution in [3.05, 3.63) is 48.5 Å².